The fraction of sp³-hybridized carbons (Fsp3) is 0. The predicted octanol–water partition coefficient (Wildman–Crippen LogP) is -1.60. The van der Waals surface area contributed by atoms with Gasteiger partial charge < -0.3 is 0 Å². The largest absolute Gasteiger partial charge is 0.289 e. The molecule has 6 nitrogen and oxygen atoms in total. The van der Waals surface area contributed by atoms with E-state index in [1.807, 2.05) is 10.6 Å². The minimum Gasteiger partial charge on any atom is -0.289 e. The summed E-state index contributed by atoms with van der Waals surface area (Å²) < 4.78 is 0. The maximum Gasteiger partial charge on any atom is 0.250 e. The van der Waals surface area contributed by atoms with Crippen molar-refractivity contribution in [1.82, 2.24) is 10.6 Å². The smallest absolute Gasteiger partial charge is 0.250 e. The number of hydrogen-bond acceptors (Lipinski definition) is 4. The second-order valence-electron chi connectivity index (χ2n) is 2.37. The Morgan fingerprint density at radius 1 is 0.600 bits per heavy atom. The van der Waals surface area contributed by atoms with Gasteiger partial charge in [-0.25, -0.2) is 0 Å². The molecule has 83 valence electrons. The normalized spacial score (nSPS) is 16.5. The van der Waals surface area contributed by atoms with Gasteiger partial charge in [0.2, 0.25) is 0 Å². The number of amides is 4. The second-order valence-corrected chi connectivity index (χ2v) is 2.37. The molecule has 0 aromatic carbocycles. The van der Waals surface area contributed by atoms with Crippen LogP contribution in [0.5, 0.6) is 0 Å². The van der Waals surface area contributed by atoms with Gasteiger partial charge >= 0.3 is 0 Å². The second kappa shape index (κ2) is 5.89. The Morgan fingerprint density at radius 3 is 0.867 bits per heavy atom. The zero-order valence-corrected chi connectivity index (χ0v) is 8.19. The van der Waals surface area contributed by atoms with Gasteiger partial charge in [-0.05, 0) is 0 Å². The summed E-state index contributed by atoms with van der Waals surface area (Å²) in [4.78, 5) is 40.1. The first kappa shape index (κ1) is 13.3. The van der Waals surface area contributed by atoms with Gasteiger partial charge in [-0.1, -0.05) is 0 Å². The molecule has 0 fully saturated rings. The van der Waals surface area contributed by atoms with E-state index in [0.717, 1.165) is 0 Å². The molecule has 0 saturated heterocycles. The van der Waals surface area contributed by atoms with Gasteiger partial charge in [0.15, 0.2) is 0 Å². The zero-order chi connectivity index (χ0) is 10.6. The van der Waals surface area contributed by atoms with E-state index in [2.05, 4.69) is 0 Å². The molecule has 0 bridgehead atoms. The molecule has 7 heteroatoms. The van der Waals surface area contributed by atoms with Gasteiger partial charge in [0, 0.05) is 41.4 Å². The number of hydrogen-bond donors (Lipinski definition) is 2. The third-order valence-corrected chi connectivity index (χ3v) is 1.26. The van der Waals surface area contributed by atoms with Gasteiger partial charge in [-0.2, -0.15) is 0 Å². The topological polar surface area (TPSA) is 92.3 Å². The van der Waals surface area contributed by atoms with Crippen molar-refractivity contribution in [3.8, 4) is 0 Å². The molecule has 2 heterocycles. The van der Waals surface area contributed by atoms with E-state index in [-0.39, 0.29) is 40.7 Å². The van der Waals surface area contributed by atoms with Crippen LogP contribution in [0.1, 0.15) is 0 Å². The summed E-state index contributed by atoms with van der Waals surface area (Å²) in [6.45, 7) is 0. The van der Waals surface area contributed by atoms with Crippen LogP contribution in [0.3, 0.4) is 0 Å². The van der Waals surface area contributed by atoms with Crippen LogP contribution in [0.15, 0.2) is 24.3 Å². The number of rotatable bonds is 0. The molecule has 0 unspecified atom stereocenters. The van der Waals surface area contributed by atoms with Crippen molar-refractivity contribution in [1.29, 1.82) is 0 Å². The molecule has 2 aliphatic heterocycles. The first-order chi connectivity index (χ1) is 6.58. The van der Waals surface area contributed by atoms with E-state index in [4.69, 9.17) is 0 Å². The van der Waals surface area contributed by atoms with Crippen LogP contribution in [-0.4, -0.2) is 23.6 Å². The van der Waals surface area contributed by atoms with Crippen molar-refractivity contribution in [2.24, 2.45) is 0 Å². The summed E-state index contributed by atoms with van der Waals surface area (Å²) in [6.07, 6.45) is 4.79. The average molecular weight is 258 g/mol. The Balaban J connectivity index is 0.000000245. The quantitative estimate of drug-likeness (QED) is 0.404. The van der Waals surface area contributed by atoms with E-state index in [1.165, 1.54) is 24.3 Å². The minimum atomic E-state index is -0.329. The zero-order valence-electron chi connectivity index (χ0n) is 7.24. The van der Waals surface area contributed by atoms with Crippen LogP contribution in [0.2, 0.25) is 0 Å². The van der Waals surface area contributed by atoms with Crippen molar-refractivity contribution < 1.29 is 36.2 Å². The van der Waals surface area contributed by atoms with E-state index in [0.29, 0.717) is 0 Å². The van der Waals surface area contributed by atoms with Gasteiger partial charge in [0.25, 0.3) is 23.6 Å². The van der Waals surface area contributed by atoms with Crippen LogP contribution in [0.25, 0.3) is 0 Å². The predicted molar refractivity (Wildman–Crippen MR) is 44.6 cm³/mol. The summed E-state index contributed by atoms with van der Waals surface area (Å²) in [5, 5.41) is 4.06. The first-order valence-corrected chi connectivity index (χ1v) is 3.64. The van der Waals surface area contributed by atoms with Crippen LogP contribution in [0, 0.1) is 0 Å². The molecular weight excluding hydrogens is 252 g/mol. The van der Waals surface area contributed by atoms with Crippen LogP contribution in [-0.2, 0) is 36.2 Å². The molecular formula is C8H6CuN2O4. The van der Waals surface area contributed by atoms with Gasteiger partial charge in [0.05, 0.1) is 0 Å². The third kappa shape index (κ3) is 4.90. The van der Waals surface area contributed by atoms with E-state index in [9.17, 15) is 19.2 Å². The first-order valence-electron chi connectivity index (χ1n) is 3.64. The Kier molecular flexibility index (Phi) is 5.22. The summed E-state index contributed by atoms with van der Waals surface area (Å²) in [6, 6.07) is 0. The molecule has 2 N–H and O–H groups in total. The molecule has 15 heavy (non-hydrogen) atoms. The van der Waals surface area contributed by atoms with Crippen molar-refractivity contribution in [3.05, 3.63) is 24.3 Å². The Morgan fingerprint density at radius 2 is 0.800 bits per heavy atom. The number of carbonyl (C=O) groups is 4. The van der Waals surface area contributed by atoms with Crippen LogP contribution >= 0.6 is 0 Å². The molecule has 0 aromatic heterocycles. The molecule has 0 spiro atoms. The monoisotopic (exact) mass is 257 g/mol. The van der Waals surface area contributed by atoms with Gasteiger partial charge in [-0.15, -0.1) is 0 Å². The SMILES string of the molecule is O=C1C=CC(=O)N1.O=C1C=CC(=O)N1.[Cu]. The Bertz CT molecular complexity index is 305. The standard InChI is InChI=1S/2C4H3NO2.Cu/c2*6-3-1-2-4(7)5-3;/h2*1-2H,(H,5,6,7);. The van der Waals surface area contributed by atoms with E-state index < -0.39 is 0 Å². The summed E-state index contributed by atoms with van der Waals surface area (Å²) in [7, 11) is 0. The number of imide groups is 2. The molecule has 0 aromatic rings. The van der Waals surface area contributed by atoms with Gasteiger partial charge in [0.1, 0.15) is 0 Å². The van der Waals surface area contributed by atoms with Crippen LogP contribution in [0.4, 0.5) is 0 Å². The fourth-order valence-electron chi connectivity index (χ4n) is 0.712. The third-order valence-electron chi connectivity index (χ3n) is 1.26. The van der Waals surface area contributed by atoms with Crippen molar-refractivity contribution in [3.63, 3.8) is 0 Å². The Labute approximate surface area is 95.3 Å². The maximum atomic E-state index is 10.0. The average Bonchev–Trinajstić information content (AvgIpc) is 2.63. The molecule has 4 amide bonds. The fourth-order valence-corrected chi connectivity index (χ4v) is 0.712. The van der Waals surface area contributed by atoms with Crippen LogP contribution < -0.4 is 10.6 Å². The Hall–Kier alpha value is -1.72. The number of nitrogens with one attached hydrogen (secondary N) is 2. The molecule has 2 aliphatic rings. The summed E-state index contributed by atoms with van der Waals surface area (Å²) in [5.41, 5.74) is 0. The minimum absolute atomic E-state index is 0. The van der Waals surface area contributed by atoms with Gasteiger partial charge in [-0.3, -0.25) is 29.8 Å². The molecule has 2 rings (SSSR count). The summed E-state index contributed by atoms with van der Waals surface area (Å²) >= 11 is 0. The molecule has 0 atom stereocenters. The van der Waals surface area contributed by atoms with Crippen molar-refractivity contribution in [2.75, 3.05) is 0 Å². The molecule has 1 radical (unpaired) electrons. The molecule has 0 aliphatic carbocycles. The number of carbonyl (C=O) groups excluding carboxylic acids is 4. The van der Waals surface area contributed by atoms with E-state index in [1.54, 1.807) is 0 Å². The van der Waals surface area contributed by atoms with E-state index >= 15 is 0 Å². The van der Waals surface area contributed by atoms with Crippen molar-refractivity contribution in [2.45, 2.75) is 0 Å². The van der Waals surface area contributed by atoms with Crippen molar-refractivity contribution >= 4 is 23.6 Å². The molecule has 0 saturated carbocycles. The maximum absolute atomic E-state index is 10.0. The summed E-state index contributed by atoms with van der Waals surface area (Å²) in [5.74, 6) is -1.31.